The van der Waals surface area contributed by atoms with Gasteiger partial charge in [-0.25, -0.2) is 13.1 Å². The fourth-order valence-electron chi connectivity index (χ4n) is 2.41. The van der Waals surface area contributed by atoms with Crippen LogP contribution < -0.4 is 14.8 Å². The maximum absolute atomic E-state index is 12.2. The first-order chi connectivity index (χ1) is 11.8. The van der Waals surface area contributed by atoms with Crippen molar-refractivity contribution < 1.29 is 17.9 Å². The molecule has 0 bridgehead atoms. The van der Waals surface area contributed by atoms with Gasteiger partial charge in [-0.2, -0.15) is 0 Å². The Kier molecular flexibility index (Phi) is 6.17. The number of carbonyl (C=O) groups is 1. The summed E-state index contributed by atoms with van der Waals surface area (Å²) in [6, 6.07) is 11.8. The summed E-state index contributed by atoms with van der Waals surface area (Å²) < 4.78 is 31.8. The number of sulfonamides is 1. The van der Waals surface area contributed by atoms with Gasteiger partial charge in [0.2, 0.25) is 15.9 Å². The maximum atomic E-state index is 12.2. The standard InChI is InChI=1S/C18H22N2O4S/c1-13-10-14(2)12-15(11-13)20-18(21)8-9-19-25(22,23)17-6-4-16(24-3)5-7-17/h4-7,10-12,19H,8-9H2,1-3H3,(H,20,21). The molecular weight excluding hydrogens is 340 g/mol. The van der Waals surface area contributed by atoms with E-state index in [1.807, 2.05) is 32.0 Å². The second-order valence-electron chi connectivity index (χ2n) is 5.75. The van der Waals surface area contributed by atoms with E-state index in [4.69, 9.17) is 4.74 Å². The number of rotatable bonds is 7. The van der Waals surface area contributed by atoms with Crippen molar-refractivity contribution in [3.8, 4) is 5.75 Å². The number of anilines is 1. The molecule has 0 radical (unpaired) electrons. The predicted molar refractivity (Wildman–Crippen MR) is 97.3 cm³/mol. The van der Waals surface area contributed by atoms with E-state index in [2.05, 4.69) is 10.0 Å². The molecule has 0 unspecified atom stereocenters. The van der Waals surface area contributed by atoms with Crippen molar-refractivity contribution in [3.63, 3.8) is 0 Å². The molecule has 0 spiro atoms. The average molecular weight is 362 g/mol. The van der Waals surface area contributed by atoms with Crippen LogP contribution in [0.1, 0.15) is 17.5 Å². The van der Waals surface area contributed by atoms with Crippen molar-refractivity contribution in [2.75, 3.05) is 19.0 Å². The number of methoxy groups -OCH3 is 1. The van der Waals surface area contributed by atoms with Crippen molar-refractivity contribution in [1.29, 1.82) is 0 Å². The molecule has 7 heteroatoms. The highest BCUT2D eigenvalue weighted by Crippen LogP contribution is 2.16. The van der Waals surface area contributed by atoms with E-state index < -0.39 is 10.0 Å². The number of hydrogen-bond donors (Lipinski definition) is 2. The summed E-state index contributed by atoms with van der Waals surface area (Å²) in [4.78, 5) is 12.1. The Balaban J connectivity index is 1.89. The van der Waals surface area contributed by atoms with E-state index in [0.29, 0.717) is 11.4 Å². The molecule has 2 rings (SSSR count). The summed E-state index contributed by atoms with van der Waals surface area (Å²) in [6.07, 6.45) is 0.0440. The molecule has 0 aromatic heterocycles. The lowest BCUT2D eigenvalue weighted by Crippen LogP contribution is -2.27. The van der Waals surface area contributed by atoms with Crippen LogP contribution in [-0.2, 0) is 14.8 Å². The molecule has 2 aromatic rings. The Hall–Kier alpha value is -2.38. The van der Waals surface area contributed by atoms with Gasteiger partial charge in [-0.05, 0) is 61.4 Å². The number of benzene rings is 2. The van der Waals surface area contributed by atoms with E-state index in [1.165, 1.54) is 19.2 Å². The highest BCUT2D eigenvalue weighted by molar-refractivity contribution is 7.89. The lowest BCUT2D eigenvalue weighted by Gasteiger charge is -2.09. The number of aryl methyl sites for hydroxylation is 2. The van der Waals surface area contributed by atoms with Crippen LogP contribution in [0.15, 0.2) is 47.4 Å². The Labute approximate surface area is 148 Å². The third-order valence-electron chi connectivity index (χ3n) is 3.52. The minimum atomic E-state index is -3.65. The highest BCUT2D eigenvalue weighted by Gasteiger charge is 2.14. The van der Waals surface area contributed by atoms with Gasteiger partial charge in [0.1, 0.15) is 5.75 Å². The first kappa shape index (κ1) is 19.0. The first-order valence-electron chi connectivity index (χ1n) is 7.82. The van der Waals surface area contributed by atoms with Crippen molar-refractivity contribution in [2.45, 2.75) is 25.2 Å². The zero-order valence-corrected chi connectivity index (χ0v) is 15.3. The summed E-state index contributed by atoms with van der Waals surface area (Å²) in [6.45, 7) is 3.92. The van der Waals surface area contributed by atoms with Crippen LogP contribution in [0.5, 0.6) is 5.75 Å². The van der Waals surface area contributed by atoms with Gasteiger partial charge in [0.05, 0.1) is 12.0 Å². The summed E-state index contributed by atoms with van der Waals surface area (Å²) in [7, 11) is -2.14. The molecule has 0 fully saturated rings. The molecule has 25 heavy (non-hydrogen) atoms. The second kappa shape index (κ2) is 8.13. The second-order valence-corrected chi connectivity index (χ2v) is 7.51. The van der Waals surface area contributed by atoms with Gasteiger partial charge in [-0.15, -0.1) is 0 Å². The third kappa shape index (κ3) is 5.58. The molecule has 134 valence electrons. The molecule has 0 aliphatic rings. The first-order valence-corrected chi connectivity index (χ1v) is 9.30. The largest absolute Gasteiger partial charge is 0.497 e. The lowest BCUT2D eigenvalue weighted by atomic mass is 10.1. The Morgan fingerprint density at radius 2 is 1.64 bits per heavy atom. The highest BCUT2D eigenvalue weighted by atomic mass is 32.2. The van der Waals surface area contributed by atoms with Crippen molar-refractivity contribution in [2.24, 2.45) is 0 Å². The quantitative estimate of drug-likeness (QED) is 0.793. The molecule has 0 aliphatic carbocycles. The van der Waals surface area contributed by atoms with E-state index in [-0.39, 0.29) is 23.8 Å². The molecule has 0 saturated carbocycles. The lowest BCUT2D eigenvalue weighted by molar-refractivity contribution is -0.116. The minimum absolute atomic E-state index is 0.0188. The van der Waals surface area contributed by atoms with Gasteiger partial charge in [-0.3, -0.25) is 4.79 Å². The van der Waals surface area contributed by atoms with Crippen LogP contribution >= 0.6 is 0 Å². The van der Waals surface area contributed by atoms with Crippen LogP contribution in [0, 0.1) is 13.8 Å². The number of carbonyl (C=O) groups excluding carboxylic acids is 1. The fraction of sp³-hybridized carbons (Fsp3) is 0.278. The number of amides is 1. The van der Waals surface area contributed by atoms with Gasteiger partial charge in [0.15, 0.2) is 0 Å². The van der Waals surface area contributed by atoms with E-state index in [1.54, 1.807) is 12.1 Å². The van der Waals surface area contributed by atoms with Gasteiger partial charge in [0.25, 0.3) is 0 Å². The molecule has 6 nitrogen and oxygen atoms in total. The van der Waals surface area contributed by atoms with Crippen LogP contribution in [0.25, 0.3) is 0 Å². The molecular formula is C18H22N2O4S. The van der Waals surface area contributed by atoms with Crippen LogP contribution in [0.2, 0.25) is 0 Å². The summed E-state index contributed by atoms with van der Waals surface area (Å²) in [5, 5.41) is 2.77. The van der Waals surface area contributed by atoms with Crippen LogP contribution in [-0.4, -0.2) is 28.0 Å². The van der Waals surface area contributed by atoms with Gasteiger partial charge in [-0.1, -0.05) is 6.07 Å². The van der Waals surface area contributed by atoms with E-state index >= 15 is 0 Å². The molecule has 0 atom stereocenters. The third-order valence-corrected chi connectivity index (χ3v) is 5.00. The molecule has 0 heterocycles. The predicted octanol–water partition coefficient (Wildman–Crippen LogP) is 2.62. The van der Waals surface area contributed by atoms with Gasteiger partial charge < -0.3 is 10.1 Å². The SMILES string of the molecule is COc1ccc(S(=O)(=O)NCCC(=O)Nc2cc(C)cc(C)c2)cc1. The van der Waals surface area contributed by atoms with Crippen molar-refractivity contribution in [3.05, 3.63) is 53.6 Å². The topological polar surface area (TPSA) is 84.5 Å². The molecule has 2 N–H and O–H groups in total. The van der Waals surface area contributed by atoms with Crippen LogP contribution in [0.4, 0.5) is 5.69 Å². The Morgan fingerprint density at radius 3 is 2.20 bits per heavy atom. The number of nitrogens with one attached hydrogen (secondary N) is 2. The van der Waals surface area contributed by atoms with Crippen LogP contribution in [0.3, 0.4) is 0 Å². The monoisotopic (exact) mass is 362 g/mol. The summed E-state index contributed by atoms with van der Waals surface area (Å²) in [5.41, 5.74) is 2.81. The van der Waals surface area contributed by atoms with Gasteiger partial charge in [0, 0.05) is 18.7 Å². The molecule has 2 aromatic carbocycles. The molecule has 1 amide bonds. The number of hydrogen-bond acceptors (Lipinski definition) is 4. The number of ether oxygens (including phenoxy) is 1. The Morgan fingerprint density at radius 1 is 1.04 bits per heavy atom. The van der Waals surface area contributed by atoms with E-state index in [0.717, 1.165) is 11.1 Å². The minimum Gasteiger partial charge on any atom is -0.497 e. The molecule has 0 saturated heterocycles. The zero-order chi connectivity index (χ0) is 18.4. The van der Waals surface area contributed by atoms with Crippen molar-refractivity contribution >= 4 is 21.6 Å². The molecule has 0 aliphatic heterocycles. The fourth-order valence-corrected chi connectivity index (χ4v) is 3.44. The zero-order valence-electron chi connectivity index (χ0n) is 14.5. The summed E-state index contributed by atoms with van der Waals surface area (Å²) in [5.74, 6) is 0.328. The average Bonchev–Trinajstić information content (AvgIpc) is 2.53. The summed E-state index contributed by atoms with van der Waals surface area (Å²) >= 11 is 0. The van der Waals surface area contributed by atoms with Crippen molar-refractivity contribution in [1.82, 2.24) is 4.72 Å². The van der Waals surface area contributed by atoms with E-state index in [9.17, 15) is 13.2 Å². The Bertz CT molecular complexity index is 826. The smallest absolute Gasteiger partial charge is 0.240 e. The van der Waals surface area contributed by atoms with Gasteiger partial charge >= 0.3 is 0 Å². The normalized spacial score (nSPS) is 11.2. The maximum Gasteiger partial charge on any atom is 0.240 e.